The fourth-order valence-electron chi connectivity index (χ4n) is 5.98. The summed E-state index contributed by atoms with van der Waals surface area (Å²) in [5.74, 6) is -0.965. The van der Waals surface area contributed by atoms with E-state index in [0.717, 1.165) is 54.5 Å². The molecule has 0 bridgehead atoms. The van der Waals surface area contributed by atoms with E-state index in [2.05, 4.69) is 15.1 Å². The fraction of sp³-hybridized carbons (Fsp3) is 0.355. The van der Waals surface area contributed by atoms with Gasteiger partial charge >= 0.3 is 0 Å². The molecule has 3 N–H and O–H groups in total. The molecule has 5 rings (SSSR count). The number of hydrogen-bond donors (Lipinski definition) is 2. The molecule has 0 radical (unpaired) electrons. The summed E-state index contributed by atoms with van der Waals surface area (Å²) in [5, 5.41) is 8.96. The second-order valence-electron chi connectivity index (χ2n) is 10.8. The monoisotopic (exact) mass is 590 g/mol. The molecule has 0 aliphatic carbocycles. The number of primary sulfonamides is 1. The Morgan fingerprint density at radius 1 is 0.929 bits per heavy atom. The lowest BCUT2D eigenvalue weighted by molar-refractivity contribution is 0.0745. The number of nitrogens with one attached hydrogen (secondary N) is 1. The highest BCUT2D eigenvalue weighted by molar-refractivity contribution is 7.89. The van der Waals surface area contributed by atoms with Crippen LogP contribution < -0.4 is 20.3 Å². The Morgan fingerprint density at radius 3 is 2.24 bits per heavy atom. The van der Waals surface area contributed by atoms with Crippen LogP contribution in [0.25, 0.3) is 4.85 Å². The molecule has 2 aliphatic rings. The molecule has 2 heterocycles. The normalized spacial score (nSPS) is 16.3. The van der Waals surface area contributed by atoms with Gasteiger partial charge in [0.1, 0.15) is 10.7 Å². The van der Waals surface area contributed by atoms with E-state index in [0.29, 0.717) is 37.4 Å². The lowest BCUT2D eigenvalue weighted by Gasteiger charge is -2.37. The topological polar surface area (TPSA) is 103 Å². The van der Waals surface area contributed by atoms with Crippen LogP contribution in [0, 0.1) is 26.2 Å². The number of piperidine rings is 1. The first-order valence-corrected chi connectivity index (χ1v) is 15.6. The number of nitrogens with zero attached hydrogens (tertiary/aromatic N) is 4. The third-order valence-electron chi connectivity index (χ3n) is 8.22. The summed E-state index contributed by atoms with van der Waals surface area (Å²) in [6.07, 6.45) is 1.82. The molecule has 2 aliphatic heterocycles. The molecule has 0 saturated carbocycles. The van der Waals surface area contributed by atoms with Crippen molar-refractivity contribution in [3.63, 3.8) is 0 Å². The zero-order valence-corrected chi connectivity index (χ0v) is 24.6. The second kappa shape index (κ2) is 12.0. The number of hydrogen-bond acceptors (Lipinski definition) is 6. The van der Waals surface area contributed by atoms with Crippen LogP contribution in [0.2, 0.25) is 0 Å². The maximum absolute atomic E-state index is 14.4. The van der Waals surface area contributed by atoms with E-state index in [-0.39, 0.29) is 17.6 Å². The molecule has 2 saturated heterocycles. The third kappa shape index (κ3) is 5.91. The molecule has 42 heavy (non-hydrogen) atoms. The Balaban J connectivity index is 1.25. The van der Waals surface area contributed by atoms with Gasteiger partial charge in [-0.25, -0.2) is 22.8 Å². The highest BCUT2D eigenvalue weighted by Gasteiger charge is 2.29. The number of sulfonamides is 1. The van der Waals surface area contributed by atoms with Crippen molar-refractivity contribution in [2.24, 2.45) is 5.14 Å². The zero-order chi connectivity index (χ0) is 30.0. The Labute approximate surface area is 246 Å². The number of para-hydroxylation sites is 2. The molecule has 0 atom stereocenters. The number of halogens is 1. The SMILES string of the molecule is [C-]#[N+]c1ccccc1N1CCC(Nc2ccc(C)c(C(=O)N3CCN(c4cccc(F)c4S(N)(=O)=O)CC3)c2C)CC1. The van der Waals surface area contributed by atoms with Crippen molar-refractivity contribution in [3.05, 3.63) is 88.5 Å². The summed E-state index contributed by atoms with van der Waals surface area (Å²) < 4.78 is 38.5. The summed E-state index contributed by atoms with van der Waals surface area (Å²) in [4.78, 5) is 22.7. The van der Waals surface area contributed by atoms with Gasteiger partial charge in [-0.05, 0) is 62.1 Å². The average molecular weight is 591 g/mol. The summed E-state index contributed by atoms with van der Waals surface area (Å²) in [6.45, 7) is 14.5. The van der Waals surface area contributed by atoms with Gasteiger partial charge < -0.3 is 20.0 Å². The predicted octanol–water partition coefficient (Wildman–Crippen LogP) is 4.68. The van der Waals surface area contributed by atoms with Gasteiger partial charge in [0.05, 0.1) is 12.3 Å². The van der Waals surface area contributed by atoms with Gasteiger partial charge in [0.15, 0.2) is 0 Å². The molecule has 3 aromatic rings. The summed E-state index contributed by atoms with van der Waals surface area (Å²) >= 11 is 0. The van der Waals surface area contributed by atoms with Crippen molar-refractivity contribution in [1.29, 1.82) is 0 Å². The van der Waals surface area contributed by atoms with Crippen molar-refractivity contribution in [2.75, 3.05) is 54.4 Å². The van der Waals surface area contributed by atoms with E-state index in [1.165, 1.54) is 12.1 Å². The molecule has 220 valence electrons. The number of anilines is 3. The van der Waals surface area contributed by atoms with Crippen LogP contribution in [0.3, 0.4) is 0 Å². The van der Waals surface area contributed by atoms with E-state index in [9.17, 15) is 17.6 Å². The van der Waals surface area contributed by atoms with Crippen LogP contribution in [0.1, 0.15) is 34.3 Å². The number of benzene rings is 3. The molecule has 3 aromatic carbocycles. The molecule has 1 amide bonds. The quantitative estimate of drug-likeness (QED) is 0.404. The molecule has 2 fully saturated rings. The molecule has 9 nitrogen and oxygen atoms in total. The molecular formula is C31H35FN6O3S. The highest BCUT2D eigenvalue weighted by Crippen LogP contribution is 2.33. The summed E-state index contributed by atoms with van der Waals surface area (Å²) in [7, 11) is -4.25. The number of aryl methyl sites for hydroxylation is 1. The number of carbonyl (C=O) groups excluding carboxylic acids is 1. The van der Waals surface area contributed by atoms with Crippen LogP contribution in [0.5, 0.6) is 0 Å². The van der Waals surface area contributed by atoms with Gasteiger partial charge in [-0.15, -0.1) is 0 Å². The average Bonchev–Trinajstić information content (AvgIpc) is 2.98. The zero-order valence-electron chi connectivity index (χ0n) is 23.8. The minimum atomic E-state index is -4.25. The minimum absolute atomic E-state index is 0.0789. The van der Waals surface area contributed by atoms with Crippen LogP contribution in [0.4, 0.5) is 27.1 Å². The van der Waals surface area contributed by atoms with Gasteiger partial charge in [0.2, 0.25) is 15.7 Å². The second-order valence-corrected chi connectivity index (χ2v) is 12.3. The van der Waals surface area contributed by atoms with E-state index in [1.807, 2.05) is 50.2 Å². The predicted molar refractivity (Wildman–Crippen MR) is 163 cm³/mol. The van der Waals surface area contributed by atoms with Crippen molar-refractivity contribution >= 4 is 38.7 Å². The number of carbonyl (C=O) groups is 1. The Bertz CT molecular complexity index is 1640. The first kappa shape index (κ1) is 29.4. The first-order valence-electron chi connectivity index (χ1n) is 14.0. The van der Waals surface area contributed by atoms with Crippen LogP contribution in [-0.2, 0) is 10.0 Å². The number of piperazine rings is 1. The Hall–Kier alpha value is -4.14. The standard InChI is InChI=1S/C31H35FN6O3S/c1-21-11-12-25(35-23-13-15-36(16-14-23)27-9-5-4-8-26(27)34-3)22(2)29(21)31(39)38-19-17-37(18-20-38)28-10-6-7-24(32)30(28)42(33,40)41/h4-12,23,35H,13-20H2,1-2H3,(H2,33,40,41). The molecular weight excluding hydrogens is 555 g/mol. The molecule has 0 spiro atoms. The van der Waals surface area contributed by atoms with Crippen LogP contribution >= 0.6 is 0 Å². The van der Waals surface area contributed by atoms with E-state index in [1.54, 1.807) is 9.80 Å². The summed E-state index contributed by atoms with van der Waals surface area (Å²) in [6, 6.07) is 16.0. The highest BCUT2D eigenvalue weighted by atomic mass is 32.2. The van der Waals surface area contributed by atoms with Gasteiger partial charge in [-0.1, -0.05) is 30.3 Å². The molecule has 0 aromatic heterocycles. The third-order valence-corrected chi connectivity index (χ3v) is 9.20. The van der Waals surface area contributed by atoms with Gasteiger partial charge in [-0.3, -0.25) is 4.79 Å². The smallest absolute Gasteiger partial charge is 0.254 e. The lowest BCUT2D eigenvalue weighted by atomic mass is 9.97. The van der Waals surface area contributed by atoms with Gasteiger partial charge in [0.25, 0.3) is 5.91 Å². The van der Waals surface area contributed by atoms with Crippen molar-refractivity contribution in [1.82, 2.24) is 4.90 Å². The minimum Gasteiger partial charge on any atom is -0.382 e. The van der Waals surface area contributed by atoms with Gasteiger partial charge in [0, 0.05) is 62.2 Å². The Morgan fingerprint density at radius 2 is 1.57 bits per heavy atom. The Kier molecular flexibility index (Phi) is 8.38. The number of amides is 1. The maximum atomic E-state index is 14.4. The van der Waals surface area contributed by atoms with Crippen molar-refractivity contribution < 1.29 is 17.6 Å². The summed E-state index contributed by atoms with van der Waals surface area (Å²) in [5.41, 5.74) is 5.23. The van der Waals surface area contributed by atoms with Crippen molar-refractivity contribution in [2.45, 2.75) is 37.6 Å². The van der Waals surface area contributed by atoms with E-state index < -0.39 is 20.7 Å². The molecule has 11 heteroatoms. The first-order chi connectivity index (χ1) is 20.1. The van der Waals surface area contributed by atoms with Crippen LogP contribution in [-0.4, -0.2) is 64.5 Å². The van der Waals surface area contributed by atoms with E-state index in [4.69, 9.17) is 11.7 Å². The number of rotatable bonds is 6. The number of nitrogens with two attached hydrogens (primary N) is 1. The van der Waals surface area contributed by atoms with Crippen molar-refractivity contribution in [3.8, 4) is 0 Å². The van der Waals surface area contributed by atoms with Gasteiger partial charge in [-0.2, -0.15) is 0 Å². The fourth-order valence-corrected chi connectivity index (χ4v) is 6.81. The van der Waals surface area contributed by atoms with Crippen LogP contribution in [0.15, 0.2) is 59.5 Å². The lowest BCUT2D eigenvalue weighted by Crippen LogP contribution is -2.49. The van der Waals surface area contributed by atoms with E-state index >= 15 is 0 Å². The maximum Gasteiger partial charge on any atom is 0.254 e. The molecule has 0 unspecified atom stereocenters. The largest absolute Gasteiger partial charge is 0.382 e.